The molecule has 0 saturated heterocycles. The van der Waals surface area contributed by atoms with Crippen molar-refractivity contribution in [3.63, 3.8) is 0 Å². The van der Waals surface area contributed by atoms with Crippen LogP contribution >= 0.6 is 0 Å². The molecular formula is C8H9F3N2. The van der Waals surface area contributed by atoms with Gasteiger partial charge in [0.1, 0.15) is 0 Å². The maximum atomic E-state index is 12.8. The molecule has 0 atom stereocenters. The van der Waals surface area contributed by atoms with E-state index in [-0.39, 0.29) is 18.8 Å². The second-order valence-corrected chi connectivity index (χ2v) is 2.44. The summed E-state index contributed by atoms with van der Waals surface area (Å²) in [5.74, 6) is -0.514. The fraction of sp³-hybridized carbons (Fsp3) is 0.375. The van der Waals surface area contributed by atoms with Gasteiger partial charge in [0.15, 0.2) is 11.6 Å². The number of rotatable bonds is 4. The summed E-state index contributed by atoms with van der Waals surface area (Å²) in [5, 5.41) is 2.48. The van der Waals surface area contributed by atoms with Crippen molar-refractivity contribution in [2.24, 2.45) is 0 Å². The molecule has 0 aliphatic heterocycles. The summed E-state index contributed by atoms with van der Waals surface area (Å²) in [7, 11) is 0. The molecule has 1 aromatic rings. The topological polar surface area (TPSA) is 24.9 Å². The van der Waals surface area contributed by atoms with Gasteiger partial charge in [0.25, 0.3) is 0 Å². The molecule has 0 aromatic carbocycles. The minimum atomic E-state index is -2.38. The van der Waals surface area contributed by atoms with E-state index in [1.54, 1.807) is 0 Å². The molecule has 0 amide bonds. The van der Waals surface area contributed by atoms with Gasteiger partial charge in [-0.15, -0.1) is 0 Å². The first kappa shape index (κ1) is 9.83. The fourth-order valence-electron chi connectivity index (χ4n) is 0.815. The first-order valence-electron chi connectivity index (χ1n) is 3.82. The van der Waals surface area contributed by atoms with Crippen LogP contribution in [0.1, 0.15) is 6.42 Å². The average Bonchev–Trinajstić information content (AvgIpc) is 2.08. The zero-order valence-electron chi connectivity index (χ0n) is 6.80. The molecule has 0 spiro atoms. The van der Waals surface area contributed by atoms with Crippen molar-refractivity contribution in [1.82, 2.24) is 4.98 Å². The summed E-state index contributed by atoms with van der Waals surface area (Å²) >= 11 is 0. The SMILES string of the molecule is Fc1cccnc1NCCC(F)F. The van der Waals surface area contributed by atoms with E-state index in [2.05, 4.69) is 10.3 Å². The van der Waals surface area contributed by atoms with E-state index >= 15 is 0 Å². The Morgan fingerprint density at radius 1 is 1.46 bits per heavy atom. The Hall–Kier alpha value is -1.26. The Bertz CT molecular complexity index is 265. The van der Waals surface area contributed by atoms with Crippen molar-refractivity contribution < 1.29 is 13.2 Å². The van der Waals surface area contributed by atoms with Crippen molar-refractivity contribution in [2.75, 3.05) is 11.9 Å². The highest BCUT2D eigenvalue weighted by Crippen LogP contribution is 2.08. The molecule has 1 N–H and O–H groups in total. The van der Waals surface area contributed by atoms with Crippen molar-refractivity contribution >= 4 is 5.82 Å². The van der Waals surface area contributed by atoms with E-state index in [1.807, 2.05) is 0 Å². The van der Waals surface area contributed by atoms with Crippen LogP contribution in [0.3, 0.4) is 0 Å². The van der Waals surface area contributed by atoms with Gasteiger partial charge in [-0.1, -0.05) is 0 Å². The molecule has 1 aromatic heterocycles. The second kappa shape index (κ2) is 4.69. The van der Waals surface area contributed by atoms with Gasteiger partial charge in [0, 0.05) is 19.2 Å². The van der Waals surface area contributed by atoms with Gasteiger partial charge >= 0.3 is 0 Å². The van der Waals surface area contributed by atoms with Crippen LogP contribution in [-0.4, -0.2) is 18.0 Å². The normalized spacial score (nSPS) is 10.5. The molecule has 0 bridgehead atoms. The Kier molecular flexibility index (Phi) is 3.54. The first-order valence-corrected chi connectivity index (χ1v) is 3.82. The highest BCUT2D eigenvalue weighted by atomic mass is 19.3. The zero-order chi connectivity index (χ0) is 9.68. The van der Waals surface area contributed by atoms with Gasteiger partial charge in [0.2, 0.25) is 6.43 Å². The molecule has 0 aliphatic carbocycles. The number of aromatic nitrogens is 1. The average molecular weight is 190 g/mol. The molecule has 0 fully saturated rings. The lowest BCUT2D eigenvalue weighted by atomic mass is 10.4. The number of hydrogen-bond acceptors (Lipinski definition) is 2. The monoisotopic (exact) mass is 190 g/mol. The lowest BCUT2D eigenvalue weighted by molar-refractivity contribution is 0.142. The maximum absolute atomic E-state index is 12.8. The van der Waals surface area contributed by atoms with Crippen LogP contribution in [-0.2, 0) is 0 Å². The van der Waals surface area contributed by atoms with E-state index in [9.17, 15) is 13.2 Å². The summed E-state index contributed by atoms with van der Waals surface area (Å²) in [4.78, 5) is 3.64. The Labute approximate surface area is 73.8 Å². The van der Waals surface area contributed by atoms with Crippen molar-refractivity contribution in [3.05, 3.63) is 24.1 Å². The summed E-state index contributed by atoms with van der Waals surface area (Å²) in [6, 6.07) is 2.66. The van der Waals surface area contributed by atoms with Crippen molar-refractivity contribution in [2.45, 2.75) is 12.8 Å². The maximum Gasteiger partial charge on any atom is 0.240 e. The standard InChI is InChI=1S/C8H9F3N2/c9-6-2-1-4-12-8(6)13-5-3-7(10)11/h1-2,4,7H,3,5H2,(H,12,13). The highest BCUT2D eigenvalue weighted by molar-refractivity contribution is 5.35. The van der Waals surface area contributed by atoms with Gasteiger partial charge < -0.3 is 5.32 Å². The Balaban J connectivity index is 2.41. The molecule has 5 heteroatoms. The van der Waals surface area contributed by atoms with Crippen LogP contribution in [0.5, 0.6) is 0 Å². The molecule has 0 saturated carbocycles. The lowest BCUT2D eigenvalue weighted by Crippen LogP contribution is -2.08. The smallest absolute Gasteiger partial charge is 0.240 e. The van der Waals surface area contributed by atoms with Gasteiger partial charge in [-0.25, -0.2) is 18.2 Å². The van der Waals surface area contributed by atoms with Crippen molar-refractivity contribution in [3.8, 4) is 0 Å². The Morgan fingerprint density at radius 2 is 2.23 bits per heavy atom. The number of alkyl halides is 2. The van der Waals surface area contributed by atoms with Gasteiger partial charge in [-0.2, -0.15) is 0 Å². The summed E-state index contributed by atoms with van der Waals surface area (Å²) in [6.45, 7) is 0.0194. The predicted octanol–water partition coefficient (Wildman–Crippen LogP) is 2.29. The summed E-state index contributed by atoms with van der Waals surface area (Å²) in [6.07, 6.45) is -1.29. The van der Waals surface area contributed by atoms with Crippen LogP contribution < -0.4 is 5.32 Å². The first-order chi connectivity index (χ1) is 6.20. The fourth-order valence-corrected chi connectivity index (χ4v) is 0.815. The number of nitrogens with one attached hydrogen (secondary N) is 1. The predicted molar refractivity (Wildman–Crippen MR) is 43.3 cm³/mol. The van der Waals surface area contributed by atoms with Crippen LogP contribution in [0.25, 0.3) is 0 Å². The van der Waals surface area contributed by atoms with Crippen LogP contribution in [0.2, 0.25) is 0 Å². The minimum absolute atomic E-state index is 0.0168. The van der Waals surface area contributed by atoms with Crippen LogP contribution in [0.15, 0.2) is 18.3 Å². The van der Waals surface area contributed by atoms with Gasteiger partial charge in [0.05, 0.1) is 0 Å². The molecule has 1 rings (SSSR count). The summed E-state index contributed by atoms with van der Waals surface area (Å²) < 4.78 is 36.2. The highest BCUT2D eigenvalue weighted by Gasteiger charge is 2.04. The number of pyridine rings is 1. The van der Waals surface area contributed by atoms with Crippen LogP contribution in [0.4, 0.5) is 19.0 Å². The molecule has 0 unspecified atom stereocenters. The third-order valence-corrected chi connectivity index (χ3v) is 1.41. The molecule has 0 aliphatic rings. The second-order valence-electron chi connectivity index (χ2n) is 2.44. The molecule has 2 nitrogen and oxygen atoms in total. The number of anilines is 1. The van der Waals surface area contributed by atoms with Crippen LogP contribution in [0, 0.1) is 5.82 Å². The number of hydrogen-bond donors (Lipinski definition) is 1. The molecule has 72 valence electrons. The van der Waals surface area contributed by atoms with Crippen molar-refractivity contribution in [1.29, 1.82) is 0 Å². The third kappa shape index (κ3) is 3.31. The lowest BCUT2D eigenvalue weighted by Gasteiger charge is -2.04. The van der Waals surface area contributed by atoms with Gasteiger partial charge in [-0.05, 0) is 12.1 Å². The number of halogens is 3. The molecule has 0 radical (unpaired) electrons. The number of nitrogens with zero attached hydrogens (tertiary/aromatic N) is 1. The zero-order valence-corrected chi connectivity index (χ0v) is 6.80. The van der Waals surface area contributed by atoms with E-state index in [0.29, 0.717) is 0 Å². The van der Waals surface area contributed by atoms with E-state index in [4.69, 9.17) is 0 Å². The summed E-state index contributed by atoms with van der Waals surface area (Å²) in [5.41, 5.74) is 0. The minimum Gasteiger partial charge on any atom is -0.367 e. The van der Waals surface area contributed by atoms with E-state index < -0.39 is 12.2 Å². The third-order valence-electron chi connectivity index (χ3n) is 1.41. The quantitative estimate of drug-likeness (QED) is 0.787. The van der Waals surface area contributed by atoms with E-state index in [0.717, 1.165) is 0 Å². The Morgan fingerprint density at radius 3 is 2.85 bits per heavy atom. The molecular weight excluding hydrogens is 181 g/mol. The largest absolute Gasteiger partial charge is 0.367 e. The van der Waals surface area contributed by atoms with E-state index in [1.165, 1.54) is 18.3 Å². The molecule has 13 heavy (non-hydrogen) atoms. The molecule has 1 heterocycles. The van der Waals surface area contributed by atoms with Gasteiger partial charge in [-0.3, -0.25) is 0 Å².